The molecule has 1 aromatic rings. The second-order valence-corrected chi connectivity index (χ2v) is 4.36. The van der Waals surface area contributed by atoms with Crippen LogP contribution >= 0.6 is 31.9 Å². The van der Waals surface area contributed by atoms with Gasteiger partial charge in [0.25, 0.3) is 0 Å². The van der Waals surface area contributed by atoms with Crippen molar-refractivity contribution in [2.75, 3.05) is 0 Å². The van der Waals surface area contributed by atoms with E-state index in [1.807, 2.05) is 6.92 Å². The van der Waals surface area contributed by atoms with Crippen molar-refractivity contribution in [2.24, 2.45) is 5.73 Å². The standard InChI is InChI=1S/C8H11Br2NO2/c1-2-5(11)7(12)6-3-4(9)8(10)13-6/h3,5,7,12H,2,11H2,1H3. The third-order valence-corrected chi connectivity index (χ3v) is 3.54. The first-order chi connectivity index (χ1) is 6.06. The van der Waals surface area contributed by atoms with Crippen LogP contribution in [0.5, 0.6) is 0 Å². The fraction of sp³-hybridized carbons (Fsp3) is 0.500. The molecule has 0 saturated heterocycles. The summed E-state index contributed by atoms with van der Waals surface area (Å²) in [5.74, 6) is 0.480. The highest BCUT2D eigenvalue weighted by atomic mass is 79.9. The van der Waals surface area contributed by atoms with Gasteiger partial charge in [-0.15, -0.1) is 0 Å². The van der Waals surface area contributed by atoms with E-state index in [-0.39, 0.29) is 6.04 Å². The van der Waals surface area contributed by atoms with Crippen molar-refractivity contribution in [2.45, 2.75) is 25.5 Å². The third-order valence-electron chi connectivity index (χ3n) is 1.83. The zero-order valence-electron chi connectivity index (χ0n) is 7.13. The largest absolute Gasteiger partial charge is 0.450 e. The minimum absolute atomic E-state index is 0.287. The lowest BCUT2D eigenvalue weighted by atomic mass is 10.1. The van der Waals surface area contributed by atoms with E-state index in [0.717, 1.165) is 4.47 Å². The van der Waals surface area contributed by atoms with E-state index in [2.05, 4.69) is 31.9 Å². The van der Waals surface area contributed by atoms with Crippen LogP contribution in [0.25, 0.3) is 0 Å². The first kappa shape index (κ1) is 11.2. The van der Waals surface area contributed by atoms with Gasteiger partial charge in [-0.25, -0.2) is 0 Å². The molecule has 0 amide bonds. The molecule has 1 aromatic heterocycles. The Balaban J connectivity index is 2.82. The molecule has 13 heavy (non-hydrogen) atoms. The van der Waals surface area contributed by atoms with Crippen LogP contribution in [0.3, 0.4) is 0 Å². The van der Waals surface area contributed by atoms with Crippen LogP contribution in [0.15, 0.2) is 19.6 Å². The molecule has 0 aromatic carbocycles. The van der Waals surface area contributed by atoms with E-state index in [4.69, 9.17) is 10.2 Å². The summed E-state index contributed by atoms with van der Waals surface area (Å²) in [6, 6.07) is 1.43. The van der Waals surface area contributed by atoms with E-state index < -0.39 is 6.10 Å². The SMILES string of the molecule is CCC(N)C(O)c1cc(Br)c(Br)o1. The maximum absolute atomic E-state index is 9.67. The van der Waals surface area contributed by atoms with E-state index in [1.54, 1.807) is 6.07 Å². The molecule has 0 fully saturated rings. The predicted molar refractivity (Wildman–Crippen MR) is 57.3 cm³/mol. The van der Waals surface area contributed by atoms with Crippen molar-refractivity contribution in [1.82, 2.24) is 0 Å². The van der Waals surface area contributed by atoms with Crippen LogP contribution < -0.4 is 5.73 Å². The van der Waals surface area contributed by atoms with Gasteiger partial charge < -0.3 is 15.3 Å². The molecule has 0 aliphatic heterocycles. The molecule has 3 nitrogen and oxygen atoms in total. The number of rotatable bonds is 3. The molecule has 0 radical (unpaired) electrons. The number of hydrogen-bond donors (Lipinski definition) is 2. The molecule has 2 atom stereocenters. The number of halogens is 2. The van der Waals surface area contributed by atoms with Crippen molar-refractivity contribution in [1.29, 1.82) is 0 Å². The van der Waals surface area contributed by atoms with E-state index in [1.165, 1.54) is 0 Å². The van der Waals surface area contributed by atoms with Gasteiger partial charge in [0.05, 0.1) is 4.47 Å². The molecule has 74 valence electrons. The maximum Gasteiger partial charge on any atom is 0.183 e. The quantitative estimate of drug-likeness (QED) is 0.902. The Morgan fingerprint density at radius 3 is 2.62 bits per heavy atom. The Morgan fingerprint density at radius 1 is 1.62 bits per heavy atom. The van der Waals surface area contributed by atoms with E-state index in [0.29, 0.717) is 16.9 Å². The molecule has 1 rings (SSSR count). The number of furan rings is 1. The van der Waals surface area contributed by atoms with Gasteiger partial charge in [-0.3, -0.25) is 0 Å². The van der Waals surface area contributed by atoms with Gasteiger partial charge in [0.2, 0.25) is 0 Å². The topological polar surface area (TPSA) is 59.4 Å². The second kappa shape index (κ2) is 4.59. The monoisotopic (exact) mass is 311 g/mol. The van der Waals surface area contributed by atoms with Crippen molar-refractivity contribution in [3.8, 4) is 0 Å². The van der Waals surface area contributed by atoms with Crippen LogP contribution in [0.1, 0.15) is 25.2 Å². The molecule has 0 saturated carbocycles. The van der Waals surface area contributed by atoms with Crippen LogP contribution in [-0.2, 0) is 0 Å². The van der Waals surface area contributed by atoms with Crippen LogP contribution in [0.4, 0.5) is 0 Å². The van der Waals surface area contributed by atoms with Crippen molar-refractivity contribution >= 4 is 31.9 Å². The lowest BCUT2D eigenvalue weighted by Crippen LogP contribution is -2.26. The summed E-state index contributed by atoms with van der Waals surface area (Å²) < 4.78 is 6.60. The third kappa shape index (κ3) is 2.56. The first-order valence-electron chi connectivity index (χ1n) is 3.94. The summed E-state index contributed by atoms with van der Waals surface area (Å²) in [4.78, 5) is 0. The van der Waals surface area contributed by atoms with Crippen LogP contribution in [-0.4, -0.2) is 11.1 Å². The number of aliphatic hydroxyl groups excluding tert-OH is 1. The van der Waals surface area contributed by atoms with Crippen molar-refractivity contribution in [3.63, 3.8) is 0 Å². The molecule has 1 heterocycles. The highest BCUT2D eigenvalue weighted by molar-refractivity contribution is 9.13. The normalized spacial score (nSPS) is 15.8. The summed E-state index contributed by atoms with van der Waals surface area (Å²) in [6.45, 7) is 1.92. The number of nitrogens with two attached hydrogens (primary N) is 1. The fourth-order valence-corrected chi connectivity index (χ4v) is 1.55. The molecule has 0 aliphatic carbocycles. The van der Waals surface area contributed by atoms with Crippen molar-refractivity contribution in [3.05, 3.63) is 21.0 Å². The molecule has 0 bridgehead atoms. The van der Waals surface area contributed by atoms with Gasteiger partial charge in [-0.2, -0.15) is 0 Å². The summed E-state index contributed by atoms with van der Waals surface area (Å²) in [5, 5.41) is 9.67. The molecular weight excluding hydrogens is 302 g/mol. The maximum atomic E-state index is 9.67. The lowest BCUT2D eigenvalue weighted by Gasteiger charge is -2.13. The first-order valence-corrected chi connectivity index (χ1v) is 5.53. The summed E-state index contributed by atoms with van der Waals surface area (Å²) in [6.07, 6.45) is -0.0375. The van der Waals surface area contributed by atoms with Gasteiger partial charge >= 0.3 is 0 Å². The smallest absolute Gasteiger partial charge is 0.183 e. The molecule has 0 aliphatic rings. The van der Waals surface area contributed by atoms with E-state index in [9.17, 15) is 5.11 Å². The average molecular weight is 313 g/mol. The Bertz CT molecular complexity index is 268. The Kier molecular flexibility index (Phi) is 3.97. The molecular formula is C8H11Br2NO2. The van der Waals surface area contributed by atoms with Gasteiger partial charge in [0.1, 0.15) is 11.9 Å². The van der Waals surface area contributed by atoms with Crippen LogP contribution in [0, 0.1) is 0 Å². The fourth-order valence-electron chi connectivity index (χ4n) is 0.943. The second-order valence-electron chi connectivity index (χ2n) is 2.79. The number of hydrogen-bond acceptors (Lipinski definition) is 3. The zero-order valence-corrected chi connectivity index (χ0v) is 10.3. The highest BCUT2D eigenvalue weighted by Crippen LogP contribution is 2.30. The highest BCUT2D eigenvalue weighted by Gasteiger charge is 2.20. The minimum atomic E-state index is -0.743. The molecule has 3 N–H and O–H groups in total. The Labute approximate surface area is 93.6 Å². The number of aliphatic hydroxyl groups is 1. The Morgan fingerprint density at radius 2 is 2.23 bits per heavy atom. The van der Waals surface area contributed by atoms with Gasteiger partial charge in [0.15, 0.2) is 4.67 Å². The lowest BCUT2D eigenvalue weighted by molar-refractivity contribution is 0.118. The Hall–Kier alpha value is 0.160. The average Bonchev–Trinajstić information content (AvgIpc) is 2.44. The van der Waals surface area contributed by atoms with Crippen molar-refractivity contribution < 1.29 is 9.52 Å². The van der Waals surface area contributed by atoms with Gasteiger partial charge in [0, 0.05) is 6.04 Å². The minimum Gasteiger partial charge on any atom is -0.450 e. The van der Waals surface area contributed by atoms with Crippen LogP contribution in [0.2, 0.25) is 0 Å². The molecule has 2 unspecified atom stereocenters. The van der Waals surface area contributed by atoms with E-state index >= 15 is 0 Å². The van der Waals surface area contributed by atoms with Gasteiger partial charge in [-0.05, 0) is 44.3 Å². The summed E-state index contributed by atoms with van der Waals surface area (Å²) in [7, 11) is 0. The molecule has 0 spiro atoms. The summed E-state index contributed by atoms with van der Waals surface area (Å²) in [5.41, 5.74) is 5.67. The summed E-state index contributed by atoms with van der Waals surface area (Å²) >= 11 is 6.45. The predicted octanol–water partition coefficient (Wildman–Crippen LogP) is 2.58. The molecule has 5 heteroatoms. The van der Waals surface area contributed by atoms with Gasteiger partial charge in [-0.1, -0.05) is 6.92 Å². The zero-order chi connectivity index (χ0) is 10.0.